The lowest BCUT2D eigenvalue weighted by atomic mass is 10.0. The van der Waals surface area contributed by atoms with E-state index in [0.29, 0.717) is 23.7 Å². The number of benzene rings is 2. The molecular weight excluding hydrogens is 418 g/mol. The van der Waals surface area contributed by atoms with Crippen LogP contribution in [-0.2, 0) is 14.6 Å². The summed E-state index contributed by atoms with van der Waals surface area (Å²) < 4.78 is 34.7. The maximum Gasteiger partial charge on any atom is 0.261 e. The number of amides is 1. The Bertz CT molecular complexity index is 1160. The minimum absolute atomic E-state index is 0.0678. The highest BCUT2D eigenvalue weighted by Gasteiger charge is 2.32. The van der Waals surface area contributed by atoms with Crippen molar-refractivity contribution in [3.63, 3.8) is 0 Å². The Morgan fingerprint density at radius 3 is 2.74 bits per heavy atom. The van der Waals surface area contributed by atoms with E-state index in [9.17, 15) is 13.2 Å². The van der Waals surface area contributed by atoms with E-state index in [-0.39, 0.29) is 29.3 Å². The van der Waals surface area contributed by atoms with Crippen molar-refractivity contribution in [2.75, 3.05) is 19.4 Å². The molecule has 1 amide bonds. The highest BCUT2D eigenvalue weighted by molar-refractivity contribution is 7.90. The second-order valence-corrected chi connectivity index (χ2v) is 9.47. The van der Waals surface area contributed by atoms with Gasteiger partial charge in [0.05, 0.1) is 10.9 Å². The van der Waals surface area contributed by atoms with Crippen LogP contribution < -0.4 is 4.74 Å². The van der Waals surface area contributed by atoms with Crippen molar-refractivity contribution in [2.45, 2.75) is 30.2 Å². The molecule has 0 unspecified atom stereocenters. The van der Waals surface area contributed by atoms with Crippen LogP contribution in [0.3, 0.4) is 0 Å². The highest BCUT2D eigenvalue weighted by atomic mass is 32.2. The molecule has 1 atom stereocenters. The molecule has 2 heterocycles. The molecule has 0 radical (unpaired) electrons. The number of piperidine rings is 1. The molecule has 0 aliphatic carbocycles. The summed E-state index contributed by atoms with van der Waals surface area (Å²) in [5, 5.41) is 4.09. The number of likely N-dealkylation sites (tertiary alicyclic amines) is 1. The van der Waals surface area contributed by atoms with Crippen LogP contribution in [0, 0.1) is 0 Å². The van der Waals surface area contributed by atoms with E-state index in [0.717, 1.165) is 25.5 Å². The zero-order chi connectivity index (χ0) is 21.8. The Hall–Kier alpha value is -3.20. The molecule has 0 bridgehead atoms. The van der Waals surface area contributed by atoms with Gasteiger partial charge in [0.15, 0.2) is 22.3 Å². The lowest BCUT2D eigenvalue weighted by Crippen LogP contribution is -2.41. The molecule has 162 valence electrons. The topological polar surface area (TPSA) is 103 Å². The van der Waals surface area contributed by atoms with Gasteiger partial charge in [0.25, 0.3) is 11.8 Å². The van der Waals surface area contributed by atoms with E-state index >= 15 is 0 Å². The Labute approximate surface area is 180 Å². The Morgan fingerprint density at radius 1 is 1.16 bits per heavy atom. The molecule has 0 saturated carbocycles. The van der Waals surface area contributed by atoms with E-state index in [1.54, 1.807) is 29.2 Å². The number of aromatic nitrogens is 2. The van der Waals surface area contributed by atoms with E-state index in [2.05, 4.69) is 10.1 Å². The molecule has 3 aromatic rings. The average molecular weight is 442 g/mol. The molecule has 31 heavy (non-hydrogen) atoms. The number of rotatable bonds is 6. The maximum atomic E-state index is 12.8. The lowest BCUT2D eigenvalue weighted by molar-refractivity contribution is -0.137. The normalized spacial score (nSPS) is 16.8. The van der Waals surface area contributed by atoms with Crippen LogP contribution in [-0.4, -0.2) is 48.8 Å². The predicted octanol–water partition coefficient (Wildman–Crippen LogP) is 3.27. The van der Waals surface area contributed by atoms with E-state index in [4.69, 9.17) is 9.26 Å². The van der Waals surface area contributed by atoms with Crippen LogP contribution in [0.15, 0.2) is 64.0 Å². The second-order valence-electron chi connectivity index (χ2n) is 7.46. The van der Waals surface area contributed by atoms with Crippen molar-refractivity contribution < 1.29 is 22.5 Å². The smallest absolute Gasteiger partial charge is 0.261 e. The van der Waals surface area contributed by atoms with E-state index in [1.165, 1.54) is 12.1 Å². The zero-order valence-electron chi connectivity index (χ0n) is 17.1. The average Bonchev–Trinajstić information content (AvgIpc) is 3.28. The SMILES string of the molecule is CS(=O)(=O)c1cccc(-c2nc([C@H]3CCCCN3C(=O)COc3ccccc3)no2)c1. The first-order valence-electron chi connectivity index (χ1n) is 10.0. The Morgan fingerprint density at radius 2 is 1.97 bits per heavy atom. The fraction of sp³-hybridized carbons (Fsp3) is 0.318. The van der Waals surface area contributed by atoms with Gasteiger partial charge in [-0.2, -0.15) is 4.98 Å². The number of sulfone groups is 1. The number of hydrogen-bond donors (Lipinski definition) is 0. The van der Waals surface area contributed by atoms with Crippen LogP contribution >= 0.6 is 0 Å². The molecule has 1 aliphatic rings. The van der Waals surface area contributed by atoms with Gasteiger partial charge in [-0.05, 0) is 49.6 Å². The van der Waals surface area contributed by atoms with Crippen LogP contribution in [0.1, 0.15) is 31.1 Å². The van der Waals surface area contributed by atoms with Gasteiger partial charge in [-0.3, -0.25) is 4.79 Å². The summed E-state index contributed by atoms with van der Waals surface area (Å²) >= 11 is 0. The minimum atomic E-state index is -3.35. The number of ether oxygens (including phenoxy) is 1. The number of para-hydroxylation sites is 1. The quantitative estimate of drug-likeness (QED) is 0.578. The van der Waals surface area contributed by atoms with Gasteiger partial charge in [-0.25, -0.2) is 8.42 Å². The second kappa shape index (κ2) is 8.89. The molecule has 1 saturated heterocycles. The highest BCUT2D eigenvalue weighted by Crippen LogP contribution is 2.31. The summed E-state index contributed by atoms with van der Waals surface area (Å²) in [5.74, 6) is 1.13. The third-order valence-electron chi connectivity index (χ3n) is 5.18. The van der Waals surface area contributed by atoms with Crippen LogP contribution in [0.2, 0.25) is 0 Å². The first-order valence-corrected chi connectivity index (χ1v) is 11.9. The molecule has 2 aromatic carbocycles. The van der Waals surface area contributed by atoms with E-state index in [1.807, 2.05) is 18.2 Å². The molecule has 0 N–H and O–H groups in total. The minimum Gasteiger partial charge on any atom is -0.484 e. The number of carbonyl (C=O) groups is 1. The third kappa shape index (κ3) is 4.93. The van der Waals surface area contributed by atoms with Gasteiger partial charge >= 0.3 is 0 Å². The van der Waals surface area contributed by atoms with Gasteiger partial charge in [-0.1, -0.05) is 29.4 Å². The molecule has 0 spiro atoms. The van der Waals surface area contributed by atoms with Gasteiger partial charge < -0.3 is 14.2 Å². The molecule has 1 fully saturated rings. The standard InChI is InChI=1S/C22H23N3O5S/c1-31(27,28)18-11-7-8-16(14-18)22-23-21(24-30-22)19-12-5-6-13-25(19)20(26)15-29-17-9-3-2-4-10-17/h2-4,7-11,14,19H,5-6,12-13,15H2,1H3/t19-/m1/s1. The largest absolute Gasteiger partial charge is 0.484 e. The van der Waals surface area contributed by atoms with Crippen LogP contribution in [0.5, 0.6) is 5.75 Å². The van der Waals surface area contributed by atoms with Crippen molar-refractivity contribution in [2.24, 2.45) is 0 Å². The predicted molar refractivity (Wildman–Crippen MR) is 113 cm³/mol. The van der Waals surface area contributed by atoms with Gasteiger partial charge in [-0.15, -0.1) is 0 Å². The lowest BCUT2D eigenvalue weighted by Gasteiger charge is -2.33. The molecule has 8 nitrogen and oxygen atoms in total. The van der Waals surface area contributed by atoms with Crippen LogP contribution in [0.25, 0.3) is 11.5 Å². The fourth-order valence-corrected chi connectivity index (χ4v) is 4.26. The summed E-state index contributed by atoms with van der Waals surface area (Å²) in [5.41, 5.74) is 0.516. The molecule has 9 heteroatoms. The fourth-order valence-electron chi connectivity index (χ4n) is 3.59. The molecule has 4 rings (SSSR count). The first-order chi connectivity index (χ1) is 14.9. The van der Waals surface area contributed by atoms with Crippen LogP contribution in [0.4, 0.5) is 0 Å². The van der Waals surface area contributed by atoms with Crippen molar-refractivity contribution in [1.29, 1.82) is 0 Å². The molecule has 1 aliphatic heterocycles. The van der Waals surface area contributed by atoms with Gasteiger partial charge in [0.1, 0.15) is 5.75 Å². The third-order valence-corrected chi connectivity index (χ3v) is 6.29. The monoisotopic (exact) mass is 441 g/mol. The summed E-state index contributed by atoms with van der Waals surface area (Å²) in [7, 11) is -3.35. The summed E-state index contributed by atoms with van der Waals surface area (Å²) in [6.45, 7) is 0.525. The van der Waals surface area contributed by atoms with Crippen molar-refractivity contribution in [1.82, 2.24) is 15.0 Å². The number of hydrogen-bond acceptors (Lipinski definition) is 7. The zero-order valence-corrected chi connectivity index (χ0v) is 17.9. The Balaban J connectivity index is 1.51. The van der Waals surface area contributed by atoms with Gasteiger partial charge in [0, 0.05) is 18.4 Å². The number of nitrogens with zero attached hydrogens (tertiary/aromatic N) is 3. The van der Waals surface area contributed by atoms with E-state index < -0.39 is 9.84 Å². The molecule has 1 aromatic heterocycles. The van der Waals surface area contributed by atoms with Gasteiger partial charge in [0.2, 0.25) is 0 Å². The molecular formula is C22H23N3O5S. The first kappa shape index (κ1) is 21.0. The summed E-state index contributed by atoms with van der Waals surface area (Å²) in [4.78, 5) is 19.2. The summed E-state index contributed by atoms with van der Waals surface area (Å²) in [6, 6.07) is 15.2. The maximum absolute atomic E-state index is 12.8. The number of carbonyl (C=O) groups excluding carboxylic acids is 1. The van der Waals surface area contributed by atoms with Crippen molar-refractivity contribution in [3.8, 4) is 17.2 Å². The van der Waals surface area contributed by atoms with Crippen molar-refractivity contribution >= 4 is 15.7 Å². The van der Waals surface area contributed by atoms with Crippen molar-refractivity contribution in [3.05, 3.63) is 60.4 Å². The summed E-state index contributed by atoms with van der Waals surface area (Å²) in [6.07, 6.45) is 3.71. The Kier molecular flexibility index (Phi) is 6.03.